The first kappa shape index (κ1) is 18.3. The molecule has 1 amide bonds. The van der Waals surface area contributed by atoms with Gasteiger partial charge in [-0.05, 0) is 48.0 Å². The van der Waals surface area contributed by atoms with E-state index < -0.39 is 25.9 Å². The Kier molecular flexibility index (Phi) is 5.28. The van der Waals surface area contributed by atoms with Crippen molar-refractivity contribution in [3.05, 3.63) is 70.3 Å². The molecule has 0 heterocycles. The van der Waals surface area contributed by atoms with E-state index >= 15 is 0 Å². The molecule has 0 aromatic heterocycles. The number of anilines is 1. The average Bonchev–Trinajstić information content (AvgIpc) is 2.58. The van der Waals surface area contributed by atoms with Crippen LogP contribution in [0.25, 0.3) is 6.08 Å². The zero-order valence-corrected chi connectivity index (χ0v) is 13.8. The number of nitro groups is 1. The summed E-state index contributed by atoms with van der Waals surface area (Å²) in [6.45, 7) is 0. The van der Waals surface area contributed by atoms with Gasteiger partial charge in [0.05, 0.1) is 9.82 Å². The Labute approximate surface area is 143 Å². The van der Waals surface area contributed by atoms with Crippen molar-refractivity contribution in [1.29, 1.82) is 0 Å². The summed E-state index contributed by atoms with van der Waals surface area (Å²) in [5.41, 5.74) is 0.931. The molecule has 0 atom stereocenters. The summed E-state index contributed by atoms with van der Waals surface area (Å²) in [6.07, 6.45) is 2.75. The van der Waals surface area contributed by atoms with Crippen LogP contribution in [0.1, 0.15) is 5.56 Å². The lowest BCUT2D eigenvalue weighted by Gasteiger charge is -2.15. The summed E-state index contributed by atoms with van der Waals surface area (Å²) >= 11 is 0. The number of hydrogen-bond acceptors (Lipinski definition) is 5. The van der Waals surface area contributed by atoms with Crippen LogP contribution >= 0.6 is 0 Å². The fraction of sp³-hybridized carbons (Fsp3) is 0.0625. The van der Waals surface area contributed by atoms with E-state index in [9.17, 15) is 27.2 Å². The highest BCUT2D eigenvalue weighted by atomic mass is 32.3. The SMILES string of the molecule is CN(C(=O)/C=C/c1ccc([N+](=O)[O-])cc1)c1ccc(S(=O)(=O)F)cc1. The van der Waals surface area contributed by atoms with Crippen LogP contribution in [-0.2, 0) is 15.0 Å². The van der Waals surface area contributed by atoms with Crippen LogP contribution in [0.4, 0.5) is 15.3 Å². The molecule has 0 aliphatic rings. The number of carbonyl (C=O) groups excluding carboxylic acids is 1. The summed E-state index contributed by atoms with van der Waals surface area (Å²) in [7, 11) is -3.31. The molecule has 0 unspecified atom stereocenters. The van der Waals surface area contributed by atoms with Gasteiger partial charge in [-0.1, -0.05) is 0 Å². The lowest BCUT2D eigenvalue weighted by atomic mass is 10.2. The van der Waals surface area contributed by atoms with Gasteiger partial charge in [0.1, 0.15) is 0 Å². The second kappa shape index (κ2) is 7.22. The van der Waals surface area contributed by atoms with Crippen LogP contribution in [0.15, 0.2) is 59.5 Å². The van der Waals surface area contributed by atoms with Gasteiger partial charge in [-0.15, -0.1) is 3.89 Å². The van der Waals surface area contributed by atoms with Gasteiger partial charge >= 0.3 is 10.2 Å². The van der Waals surface area contributed by atoms with E-state index in [2.05, 4.69) is 0 Å². The molecule has 0 fully saturated rings. The number of carbonyl (C=O) groups is 1. The molecule has 0 N–H and O–H groups in total. The van der Waals surface area contributed by atoms with Crippen molar-refractivity contribution in [3.63, 3.8) is 0 Å². The summed E-state index contributed by atoms with van der Waals surface area (Å²) in [4.78, 5) is 22.9. The van der Waals surface area contributed by atoms with Crippen molar-refractivity contribution in [2.45, 2.75) is 4.90 Å². The lowest BCUT2D eigenvalue weighted by molar-refractivity contribution is -0.384. The maximum absolute atomic E-state index is 12.8. The lowest BCUT2D eigenvalue weighted by Crippen LogP contribution is -2.23. The number of nitro benzene ring substituents is 1. The Morgan fingerprint density at radius 3 is 2.16 bits per heavy atom. The third-order valence-corrected chi connectivity index (χ3v) is 4.19. The zero-order valence-electron chi connectivity index (χ0n) is 13.0. The van der Waals surface area contributed by atoms with Crippen molar-refractivity contribution in [1.82, 2.24) is 0 Å². The van der Waals surface area contributed by atoms with Gasteiger partial charge in [0.25, 0.3) is 11.6 Å². The Morgan fingerprint density at radius 2 is 1.68 bits per heavy atom. The molecular formula is C16H13FN2O5S. The molecule has 0 spiro atoms. The van der Waals surface area contributed by atoms with Crippen LogP contribution in [-0.4, -0.2) is 26.3 Å². The van der Waals surface area contributed by atoms with E-state index in [-0.39, 0.29) is 5.69 Å². The highest BCUT2D eigenvalue weighted by Gasteiger charge is 2.13. The normalized spacial score (nSPS) is 11.4. The van der Waals surface area contributed by atoms with E-state index in [0.717, 1.165) is 12.1 Å². The van der Waals surface area contributed by atoms with Gasteiger partial charge in [0.15, 0.2) is 0 Å². The van der Waals surface area contributed by atoms with E-state index in [4.69, 9.17) is 0 Å². The molecular weight excluding hydrogens is 351 g/mol. The maximum Gasteiger partial charge on any atom is 0.332 e. The minimum atomic E-state index is -4.79. The standard InChI is InChI=1S/C16H13FN2O5S/c1-18(13-7-9-15(10-8-13)25(17,23)24)16(20)11-4-12-2-5-14(6-3-12)19(21)22/h2-11H,1H3/b11-4+. The van der Waals surface area contributed by atoms with Crippen LogP contribution in [0.3, 0.4) is 0 Å². The number of rotatable bonds is 5. The zero-order chi connectivity index (χ0) is 18.6. The van der Waals surface area contributed by atoms with E-state index in [1.807, 2.05) is 0 Å². The number of amides is 1. The first-order valence-corrected chi connectivity index (χ1v) is 8.32. The topological polar surface area (TPSA) is 97.6 Å². The molecule has 0 saturated carbocycles. The quantitative estimate of drug-likeness (QED) is 0.352. The molecule has 2 rings (SSSR count). The highest BCUT2D eigenvalue weighted by molar-refractivity contribution is 7.86. The predicted octanol–water partition coefficient (Wildman–Crippen LogP) is 2.93. The minimum Gasteiger partial charge on any atom is -0.312 e. The number of likely N-dealkylation sites (N-methyl/N-ethyl adjacent to an activating group) is 1. The largest absolute Gasteiger partial charge is 0.332 e. The molecule has 2 aromatic rings. The molecule has 0 saturated heterocycles. The summed E-state index contributed by atoms with van der Waals surface area (Å²) in [5.74, 6) is -0.408. The van der Waals surface area contributed by atoms with Crippen molar-refractivity contribution >= 4 is 33.6 Å². The Morgan fingerprint density at radius 1 is 1.12 bits per heavy atom. The molecule has 130 valence electrons. The third kappa shape index (κ3) is 4.70. The monoisotopic (exact) mass is 364 g/mol. The molecule has 0 bridgehead atoms. The average molecular weight is 364 g/mol. The minimum absolute atomic E-state index is 0.0523. The Hall–Kier alpha value is -3.07. The van der Waals surface area contributed by atoms with Crippen LogP contribution < -0.4 is 4.90 Å². The van der Waals surface area contributed by atoms with Crippen LogP contribution in [0.5, 0.6) is 0 Å². The van der Waals surface area contributed by atoms with Crippen molar-refractivity contribution in [2.24, 2.45) is 0 Å². The van der Waals surface area contributed by atoms with Crippen LogP contribution in [0, 0.1) is 10.1 Å². The van der Waals surface area contributed by atoms with Crippen molar-refractivity contribution < 1.29 is 22.0 Å². The molecule has 0 aliphatic heterocycles. The first-order chi connectivity index (χ1) is 11.7. The highest BCUT2D eigenvalue weighted by Crippen LogP contribution is 2.19. The Bertz CT molecular complexity index is 922. The molecule has 0 radical (unpaired) electrons. The second-order valence-corrected chi connectivity index (χ2v) is 6.36. The third-order valence-electron chi connectivity index (χ3n) is 3.36. The van der Waals surface area contributed by atoms with Crippen molar-refractivity contribution in [2.75, 3.05) is 11.9 Å². The van der Waals surface area contributed by atoms with Crippen molar-refractivity contribution in [3.8, 4) is 0 Å². The van der Waals surface area contributed by atoms with E-state index in [1.165, 1.54) is 60.5 Å². The number of nitrogens with zero attached hydrogens (tertiary/aromatic N) is 2. The van der Waals surface area contributed by atoms with Gasteiger partial charge in [-0.25, -0.2) is 0 Å². The van der Waals surface area contributed by atoms with E-state index in [0.29, 0.717) is 11.3 Å². The smallest absolute Gasteiger partial charge is 0.312 e. The fourth-order valence-electron chi connectivity index (χ4n) is 1.95. The molecule has 25 heavy (non-hydrogen) atoms. The van der Waals surface area contributed by atoms with Crippen LogP contribution in [0.2, 0.25) is 0 Å². The summed E-state index contributed by atoms with van der Waals surface area (Å²) in [5, 5.41) is 10.6. The van der Waals surface area contributed by atoms with Gasteiger partial charge in [-0.2, -0.15) is 8.42 Å². The second-order valence-electron chi connectivity index (χ2n) is 5.01. The van der Waals surface area contributed by atoms with E-state index in [1.54, 1.807) is 0 Å². The molecule has 2 aromatic carbocycles. The predicted molar refractivity (Wildman–Crippen MR) is 90.3 cm³/mol. The maximum atomic E-state index is 12.8. The summed E-state index contributed by atoms with van der Waals surface area (Å²) < 4.78 is 34.4. The first-order valence-electron chi connectivity index (χ1n) is 6.93. The summed E-state index contributed by atoms with van der Waals surface area (Å²) in [6, 6.07) is 10.4. The van der Waals surface area contributed by atoms with Gasteiger partial charge in [-0.3, -0.25) is 14.9 Å². The molecule has 9 heteroatoms. The fourth-order valence-corrected chi connectivity index (χ4v) is 2.41. The molecule has 0 aliphatic carbocycles. The number of halogens is 1. The number of benzene rings is 2. The molecule has 7 nitrogen and oxygen atoms in total. The van der Waals surface area contributed by atoms with Gasteiger partial charge < -0.3 is 4.90 Å². The number of non-ortho nitro benzene ring substituents is 1. The van der Waals surface area contributed by atoms with Gasteiger partial charge in [0, 0.05) is 30.9 Å². The van der Waals surface area contributed by atoms with Gasteiger partial charge in [0.2, 0.25) is 0 Å². The Balaban J connectivity index is 2.10. The number of hydrogen-bond donors (Lipinski definition) is 0.